The summed E-state index contributed by atoms with van der Waals surface area (Å²) in [4.78, 5) is 4.54. The summed E-state index contributed by atoms with van der Waals surface area (Å²) in [6.07, 6.45) is 1.96. The van der Waals surface area contributed by atoms with Gasteiger partial charge < -0.3 is 5.73 Å². The predicted molar refractivity (Wildman–Crippen MR) is 85.7 cm³/mol. The largest absolute Gasteiger partial charge is 0.369 e. The molecule has 0 atom stereocenters. The Morgan fingerprint density at radius 2 is 1.95 bits per heavy atom. The zero-order chi connectivity index (χ0) is 15.1. The molecule has 0 saturated carbocycles. The highest BCUT2D eigenvalue weighted by Gasteiger charge is 2.18. The zero-order valence-corrected chi connectivity index (χ0v) is 13.0. The van der Waals surface area contributed by atoms with Gasteiger partial charge in [-0.25, -0.2) is 9.67 Å². The molecule has 5 heteroatoms. The number of nitrogen functional groups attached to an aromatic ring is 1. The summed E-state index contributed by atoms with van der Waals surface area (Å²) in [7, 11) is 1.94. The number of aryl methyl sites for hydroxylation is 4. The van der Waals surface area contributed by atoms with Crippen molar-refractivity contribution in [2.45, 2.75) is 33.6 Å². The van der Waals surface area contributed by atoms with E-state index in [2.05, 4.69) is 49.1 Å². The van der Waals surface area contributed by atoms with E-state index in [1.165, 1.54) is 11.1 Å². The van der Waals surface area contributed by atoms with Crippen molar-refractivity contribution in [1.29, 1.82) is 0 Å². The molecular formula is C16H21N5. The Bertz CT molecular complexity index is 810. The van der Waals surface area contributed by atoms with Crippen molar-refractivity contribution in [2.75, 3.05) is 5.73 Å². The second-order valence-corrected chi connectivity index (χ2v) is 5.57. The van der Waals surface area contributed by atoms with Crippen LogP contribution in [0.2, 0.25) is 0 Å². The lowest BCUT2D eigenvalue weighted by atomic mass is 10.1. The summed E-state index contributed by atoms with van der Waals surface area (Å²) >= 11 is 0. The van der Waals surface area contributed by atoms with Gasteiger partial charge in [-0.2, -0.15) is 5.10 Å². The minimum atomic E-state index is 0.513. The molecule has 0 radical (unpaired) electrons. The van der Waals surface area contributed by atoms with Gasteiger partial charge in [0.2, 0.25) is 5.95 Å². The van der Waals surface area contributed by atoms with E-state index in [1.807, 2.05) is 16.3 Å². The molecule has 5 nitrogen and oxygen atoms in total. The minimum Gasteiger partial charge on any atom is -0.369 e. The van der Waals surface area contributed by atoms with Gasteiger partial charge in [-0.15, -0.1) is 0 Å². The molecule has 110 valence electrons. The lowest BCUT2D eigenvalue weighted by Gasteiger charge is -2.09. The van der Waals surface area contributed by atoms with Crippen LogP contribution in [0.5, 0.6) is 0 Å². The maximum absolute atomic E-state index is 6.16. The molecule has 0 unspecified atom stereocenters. The number of rotatable bonds is 3. The van der Waals surface area contributed by atoms with Gasteiger partial charge in [0.15, 0.2) is 5.65 Å². The average molecular weight is 283 g/mol. The molecule has 1 aromatic carbocycles. The predicted octanol–water partition coefficient (Wildman–Crippen LogP) is 2.91. The number of imidazole rings is 1. The Morgan fingerprint density at radius 3 is 2.62 bits per heavy atom. The molecule has 0 fully saturated rings. The van der Waals surface area contributed by atoms with E-state index < -0.39 is 0 Å². The summed E-state index contributed by atoms with van der Waals surface area (Å²) in [6, 6.07) is 6.32. The highest BCUT2D eigenvalue weighted by atomic mass is 15.3. The number of anilines is 1. The molecule has 0 aliphatic carbocycles. The van der Waals surface area contributed by atoms with E-state index >= 15 is 0 Å². The van der Waals surface area contributed by atoms with Gasteiger partial charge in [0, 0.05) is 7.05 Å². The van der Waals surface area contributed by atoms with Crippen LogP contribution in [-0.4, -0.2) is 19.3 Å². The molecule has 0 aliphatic heterocycles. The Morgan fingerprint density at radius 1 is 1.19 bits per heavy atom. The SMILES string of the molecule is CCCc1nn(C)c2c1nc(N)n2-c1ccc(C)c(C)c1. The molecule has 2 N–H and O–H groups in total. The third-order valence-electron chi connectivity index (χ3n) is 3.97. The molecule has 0 bridgehead atoms. The molecule has 0 spiro atoms. The van der Waals surface area contributed by atoms with Crippen molar-refractivity contribution in [3.05, 3.63) is 35.0 Å². The van der Waals surface area contributed by atoms with Gasteiger partial charge in [0.1, 0.15) is 5.52 Å². The van der Waals surface area contributed by atoms with Gasteiger partial charge in [-0.05, 0) is 43.5 Å². The van der Waals surface area contributed by atoms with Gasteiger partial charge in [-0.1, -0.05) is 19.4 Å². The van der Waals surface area contributed by atoms with Crippen molar-refractivity contribution in [3.8, 4) is 5.69 Å². The fraction of sp³-hybridized carbons (Fsp3) is 0.375. The minimum absolute atomic E-state index is 0.513. The maximum Gasteiger partial charge on any atom is 0.207 e. The van der Waals surface area contributed by atoms with Crippen LogP contribution in [0.15, 0.2) is 18.2 Å². The molecular weight excluding hydrogens is 262 g/mol. The van der Waals surface area contributed by atoms with Crippen LogP contribution in [-0.2, 0) is 13.5 Å². The summed E-state index contributed by atoms with van der Waals surface area (Å²) in [6.45, 7) is 6.36. The molecule has 21 heavy (non-hydrogen) atoms. The van der Waals surface area contributed by atoms with Gasteiger partial charge in [0.25, 0.3) is 0 Å². The quantitative estimate of drug-likeness (QED) is 0.804. The molecule has 2 heterocycles. The first-order chi connectivity index (χ1) is 10.0. The first-order valence-electron chi connectivity index (χ1n) is 7.30. The van der Waals surface area contributed by atoms with Crippen LogP contribution in [0.1, 0.15) is 30.2 Å². The number of hydrogen-bond donors (Lipinski definition) is 1. The van der Waals surface area contributed by atoms with E-state index in [-0.39, 0.29) is 0 Å². The Hall–Kier alpha value is -2.30. The Balaban J connectivity index is 2.27. The monoisotopic (exact) mass is 283 g/mol. The number of nitrogens with zero attached hydrogens (tertiary/aromatic N) is 4. The first kappa shape index (κ1) is 13.7. The normalized spacial score (nSPS) is 11.4. The van der Waals surface area contributed by atoms with Crippen LogP contribution in [0.25, 0.3) is 16.9 Å². The second-order valence-electron chi connectivity index (χ2n) is 5.57. The number of benzene rings is 1. The standard InChI is InChI=1S/C16H21N5/c1-5-6-13-14-15(20(4)19-13)21(16(17)18-14)12-8-7-10(2)11(3)9-12/h7-9H,5-6H2,1-4H3,(H2,17,18). The number of hydrogen-bond acceptors (Lipinski definition) is 3. The van der Waals surface area contributed by atoms with Crippen molar-refractivity contribution in [3.63, 3.8) is 0 Å². The number of aromatic nitrogens is 4. The van der Waals surface area contributed by atoms with E-state index in [4.69, 9.17) is 5.73 Å². The first-order valence-corrected chi connectivity index (χ1v) is 7.30. The van der Waals surface area contributed by atoms with Crippen LogP contribution in [0, 0.1) is 13.8 Å². The van der Waals surface area contributed by atoms with Crippen LogP contribution >= 0.6 is 0 Å². The number of nitrogens with two attached hydrogens (primary N) is 1. The lowest BCUT2D eigenvalue weighted by molar-refractivity contribution is 0.737. The smallest absolute Gasteiger partial charge is 0.207 e. The van der Waals surface area contributed by atoms with Crippen molar-refractivity contribution < 1.29 is 0 Å². The van der Waals surface area contributed by atoms with E-state index in [9.17, 15) is 0 Å². The van der Waals surface area contributed by atoms with Crippen molar-refractivity contribution >= 4 is 17.1 Å². The molecule has 0 saturated heterocycles. The maximum atomic E-state index is 6.16. The molecule has 3 aromatic rings. The van der Waals surface area contributed by atoms with Crippen LogP contribution < -0.4 is 5.73 Å². The lowest BCUT2D eigenvalue weighted by Crippen LogP contribution is -2.05. The van der Waals surface area contributed by atoms with Gasteiger partial charge in [0.05, 0.1) is 11.4 Å². The molecule has 0 aliphatic rings. The van der Waals surface area contributed by atoms with Crippen molar-refractivity contribution in [2.24, 2.45) is 7.05 Å². The molecule has 2 aromatic heterocycles. The Labute approximate surface area is 124 Å². The average Bonchev–Trinajstić information content (AvgIpc) is 2.92. The third-order valence-corrected chi connectivity index (χ3v) is 3.97. The van der Waals surface area contributed by atoms with Crippen molar-refractivity contribution in [1.82, 2.24) is 19.3 Å². The summed E-state index contributed by atoms with van der Waals surface area (Å²) in [5, 5.41) is 4.58. The fourth-order valence-electron chi connectivity index (χ4n) is 2.72. The summed E-state index contributed by atoms with van der Waals surface area (Å²) in [5.74, 6) is 0.513. The summed E-state index contributed by atoms with van der Waals surface area (Å²) < 4.78 is 3.85. The zero-order valence-electron chi connectivity index (χ0n) is 13.0. The third kappa shape index (κ3) is 2.09. The topological polar surface area (TPSA) is 61.7 Å². The van der Waals surface area contributed by atoms with Gasteiger partial charge >= 0.3 is 0 Å². The summed E-state index contributed by atoms with van der Waals surface area (Å²) in [5.41, 5.74) is 12.6. The van der Waals surface area contributed by atoms with Gasteiger partial charge in [-0.3, -0.25) is 4.57 Å². The fourth-order valence-corrected chi connectivity index (χ4v) is 2.72. The van der Waals surface area contributed by atoms with E-state index in [0.717, 1.165) is 35.4 Å². The van der Waals surface area contributed by atoms with E-state index in [1.54, 1.807) is 0 Å². The highest BCUT2D eigenvalue weighted by molar-refractivity contribution is 5.80. The van der Waals surface area contributed by atoms with Crippen LogP contribution in [0.3, 0.4) is 0 Å². The molecule has 3 rings (SSSR count). The second kappa shape index (κ2) is 4.91. The Kier molecular flexibility index (Phi) is 3.20. The highest BCUT2D eigenvalue weighted by Crippen LogP contribution is 2.26. The molecule has 0 amide bonds. The van der Waals surface area contributed by atoms with E-state index in [0.29, 0.717) is 5.95 Å². The van der Waals surface area contributed by atoms with Crippen LogP contribution in [0.4, 0.5) is 5.95 Å². The number of fused-ring (bicyclic) bond motifs is 1.